The monoisotopic (exact) mass is 244 g/mol. The number of ketones is 1. The van der Waals surface area contributed by atoms with Gasteiger partial charge >= 0.3 is 0 Å². The van der Waals surface area contributed by atoms with Crippen molar-refractivity contribution in [1.29, 1.82) is 0 Å². The fraction of sp³-hybridized carbons (Fsp3) is 0.312. The molecule has 0 unspecified atom stereocenters. The Bertz CT molecular complexity index is 420. The van der Waals surface area contributed by atoms with Gasteiger partial charge in [0.15, 0.2) is 6.04 Å². The first-order valence-corrected chi connectivity index (χ1v) is 6.16. The molecule has 2 heteroatoms. The van der Waals surface area contributed by atoms with E-state index in [1.54, 1.807) is 0 Å². The molecule has 1 rings (SSSR count). The summed E-state index contributed by atoms with van der Waals surface area (Å²) in [6.07, 6.45) is 4.34. The summed E-state index contributed by atoms with van der Waals surface area (Å²) in [7, 11) is 4.10. The summed E-state index contributed by atoms with van der Waals surface area (Å²) in [5.74, 6) is 0.169. The molecule has 1 aromatic rings. The first kappa shape index (κ1) is 14.4. The maximum Gasteiger partial charge on any atom is 0.220 e. The molecular formula is C16H22NO+. The van der Waals surface area contributed by atoms with Gasteiger partial charge in [0.25, 0.3) is 0 Å². The molecule has 1 atom stereocenters. The lowest BCUT2D eigenvalue weighted by molar-refractivity contribution is -0.899. The third-order valence-electron chi connectivity index (χ3n) is 3.19. The van der Waals surface area contributed by atoms with Gasteiger partial charge in [-0.3, -0.25) is 4.79 Å². The van der Waals surface area contributed by atoms with Gasteiger partial charge in [-0.25, -0.2) is 0 Å². The van der Waals surface area contributed by atoms with E-state index in [1.165, 1.54) is 0 Å². The number of nitrogens with zero attached hydrogens (tertiary/aromatic N) is 1. The van der Waals surface area contributed by atoms with Gasteiger partial charge in [-0.2, -0.15) is 0 Å². The van der Waals surface area contributed by atoms with Crippen LogP contribution in [0.25, 0.3) is 0 Å². The molecule has 96 valence electrons. The van der Waals surface area contributed by atoms with Crippen molar-refractivity contribution in [3.8, 4) is 0 Å². The highest BCUT2D eigenvalue weighted by atomic mass is 16.1. The van der Waals surface area contributed by atoms with Gasteiger partial charge in [0.1, 0.15) is 0 Å². The lowest BCUT2D eigenvalue weighted by Gasteiger charge is -2.35. The molecule has 0 spiro atoms. The van der Waals surface area contributed by atoms with Crippen molar-refractivity contribution in [2.24, 2.45) is 0 Å². The Balaban J connectivity index is 3.02. The van der Waals surface area contributed by atoms with E-state index in [4.69, 9.17) is 0 Å². The zero-order valence-corrected chi connectivity index (χ0v) is 11.3. The van der Waals surface area contributed by atoms with Crippen LogP contribution in [0.3, 0.4) is 0 Å². The zero-order valence-electron chi connectivity index (χ0n) is 11.3. The van der Waals surface area contributed by atoms with E-state index in [9.17, 15) is 4.79 Å². The average Bonchev–Trinajstić information content (AvgIpc) is 2.36. The molecule has 0 aromatic heterocycles. The Labute approximate surface area is 110 Å². The maximum absolute atomic E-state index is 12.6. The summed E-state index contributed by atoms with van der Waals surface area (Å²) >= 11 is 0. The van der Waals surface area contributed by atoms with Crippen LogP contribution in [0.15, 0.2) is 55.6 Å². The highest BCUT2D eigenvalue weighted by Gasteiger charge is 2.33. The van der Waals surface area contributed by atoms with Gasteiger partial charge in [0.05, 0.1) is 20.6 Å². The first-order chi connectivity index (χ1) is 8.53. The number of Topliss-reactive ketones (excluding diaryl/α,β-unsaturated/α-hetero) is 1. The van der Waals surface area contributed by atoms with Crippen molar-refractivity contribution >= 4 is 5.78 Å². The number of quaternary nitrogens is 1. The van der Waals surface area contributed by atoms with Crippen LogP contribution in [-0.4, -0.2) is 36.9 Å². The van der Waals surface area contributed by atoms with Crippen molar-refractivity contribution < 1.29 is 9.28 Å². The number of rotatable bonds is 7. The fourth-order valence-corrected chi connectivity index (χ4v) is 2.12. The molecule has 0 bridgehead atoms. The zero-order chi connectivity index (χ0) is 13.6. The second kappa shape index (κ2) is 6.31. The Kier molecular flexibility index (Phi) is 5.05. The fourth-order valence-electron chi connectivity index (χ4n) is 2.12. The van der Waals surface area contributed by atoms with Gasteiger partial charge < -0.3 is 4.48 Å². The highest BCUT2D eigenvalue weighted by molar-refractivity contribution is 5.99. The number of hydrogen-bond donors (Lipinski definition) is 0. The minimum atomic E-state index is -0.108. The Morgan fingerprint density at radius 3 is 2.33 bits per heavy atom. The van der Waals surface area contributed by atoms with E-state index in [-0.39, 0.29) is 11.8 Å². The molecule has 18 heavy (non-hydrogen) atoms. The molecule has 0 fully saturated rings. The molecule has 0 heterocycles. The van der Waals surface area contributed by atoms with Gasteiger partial charge in [-0.1, -0.05) is 43.0 Å². The van der Waals surface area contributed by atoms with Crippen molar-refractivity contribution in [2.75, 3.05) is 20.6 Å². The number of carbonyl (C=O) groups is 1. The normalized spacial score (nSPS) is 12.8. The van der Waals surface area contributed by atoms with E-state index in [1.807, 2.05) is 42.5 Å². The third-order valence-corrected chi connectivity index (χ3v) is 3.19. The predicted octanol–water partition coefficient (Wildman–Crippen LogP) is 3.08. The average molecular weight is 244 g/mol. The molecule has 1 aromatic carbocycles. The lowest BCUT2D eigenvalue weighted by atomic mass is 9.98. The maximum atomic E-state index is 12.6. The molecule has 0 N–H and O–H groups in total. The molecule has 0 saturated heterocycles. The van der Waals surface area contributed by atoms with E-state index in [2.05, 4.69) is 27.3 Å². The van der Waals surface area contributed by atoms with Gasteiger partial charge in [-0.15, -0.1) is 6.58 Å². The van der Waals surface area contributed by atoms with Crippen LogP contribution in [0.1, 0.15) is 16.8 Å². The summed E-state index contributed by atoms with van der Waals surface area (Å²) in [5.41, 5.74) is 0.764. The molecule has 0 amide bonds. The quantitative estimate of drug-likeness (QED) is 0.409. The minimum Gasteiger partial charge on any atom is -0.316 e. The highest BCUT2D eigenvalue weighted by Crippen LogP contribution is 2.17. The van der Waals surface area contributed by atoms with Crippen LogP contribution in [0, 0.1) is 0 Å². The Morgan fingerprint density at radius 2 is 1.83 bits per heavy atom. The summed E-state index contributed by atoms with van der Waals surface area (Å²) in [6.45, 7) is 8.29. The largest absolute Gasteiger partial charge is 0.316 e. The Hall–Kier alpha value is -1.67. The topological polar surface area (TPSA) is 17.1 Å². The molecule has 0 saturated carbocycles. The SMILES string of the molecule is C=CC[C@@H](C(=O)c1ccccc1)[N+](C)(C)CC=C. The molecule has 2 nitrogen and oxygen atoms in total. The van der Waals surface area contributed by atoms with Crippen molar-refractivity contribution in [3.63, 3.8) is 0 Å². The van der Waals surface area contributed by atoms with E-state index < -0.39 is 0 Å². The van der Waals surface area contributed by atoms with E-state index in [0.29, 0.717) is 10.9 Å². The van der Waals surface area contributed by atoms with Gasteiger partial charge in [0.2, 0.25) is 5.78 Å². The number of carbonyl (C=O) groups excluding carboxylic acids is 1. The molecule has 0 aliphatic heterocycles. The number of benzene rings is 1. The standard InChI is InChI=1S/C16H22NO/c1-5-10-15(17(3,4)13-6-2)16(18)14-11-8-7-9-12-14/h5-9,11-12,15H,1-2,10,13H2,3-4H3/q+1/t15-/m0/s1. The van der Waals surface area contributed by atoms with Crippen molar-refractivity contribution in [2.45, 2.75) is 12.5 Å². The first-order valence-electron chi connectivity index (χ1n) is 6.16. The molecular weight excluding hydrogens is 222 g/mol. The lowest BCUT2D eigenvalue weighted by Crippen LogP contribution is -2.52. The molecule has 0 aliphatic carbocycles. The smallest absolute Gasteiger partial charge is 0.220 e. The summed E-state index contributed by atoms with van der Waals surface area (Å²) < 4.78 is 0.600. The van der Waals surface area contributed by atoms with Gasteiger partial charge in [0, 0.05) is 12.0 Å². The predicted molar refractivity (Wildman–Crippen MR) is 76.5 cm³/mol. The van der Waals surface area contributed by atoms with Crippen LogP contribution in [-0.2, 0) is 0 Å². The van der Waals surface area contributed by atoms with Crippen molar-refractivity contribution in [1.82, 2.24) is 0 Å². The molecule has 0 radical (unpaired) electrons. The van der Waals surface area contributed by atoms with Crippen LogP contribution in [0.5, 0.6) is 0 Å². The van der Waals surface area contributed by atoms with Crippen LogP contribution < -0.4 is 0 Å². The summed E-state index contributed by atoms with van der Waals surface area (Å²) in [4.78, 5) is 12.6. The van der Waals surface area contributed by atoms with E-state index in [0.717, 1.165) is 12.1 Å². The minimum absolute atomic E-state index is 0.108. The Morgan fingerprint density at radius 1 is 1.22 bits per heavy atom. The van der Waals surface area contributed by atoms with Crippen LogP contribution >= 0.6 is 0 Å². The van der Waals surface area contributed by atoms with Crippen LogP contribution in [0.2, 0.25) is 0 Å². The second-order valence-electron chi connectivity index (χ2n) is 5.02. The van der Waals surface area contributed by atoms with Crippen molar-refractivity contribution in [3.05, 3.63) is 61.2 Å². The van der Waals surface area contributed by atoms with E-state index >= 15 is 0 Å². The van der Waals surface area contributed by atoms with Gasteiger partial charge in [-0.05, 0) is 6.08 Å². The molecule has 0 aliphatic rings. The summed E-state index contributed by atoms with van der Waals surface area (Å²) in [5, 5.41) is 0. The number of likely N-dealkylation sites (N-methyl/N-ethyl adjacent to an activating group) is 1. The van der Waals surface area contributed by atoms with Crippen LogP contribution in [0.4, 0.5) is 0 Å². The summed E-state index contributed by atoms with van der Waals surface area (Å²) in [6, 6.07) is 9.34. The second-order valence-corrected chi connectivity index (χ2v) is 5.02. The third kappa shape index (κ3) is 3.41. The number of hydrogen-bond acceptors (Lipinski definition) is 1.